The van der Waals surface area contributed by atoms with Crippen LogP contribution in [0.1, 0.15) is 94.6 Å². The standard InChI is InChI=1S/C26H42N2O2/c1-30-22-14-10-6-4-8-12-20-28-24-26-17-15-25(16-18-26)23-27-19-11-7-3-2-5-9-13-21-29/h15-18,21,23-24H,2-14,19-20,22H2,1H3. The van der Waals surface area contributed by atoms with Crippen LogP contribution in [0.5, 0.6) is 0 Å². The predicted octanol–water partition coefficient (Wildman–Crippen LogP) is 6.44. The third-order valence-corrected chi connectivity index (χ3v) is 5.16. The second kappa shape index (κ2) is 20.5. The quantitative estimate of drug-likeness (QED) is 0.140. The molecular formula is C26H42N2O2. The lowest BCUT2D eigenvalue weighted by Crippen LogP contribution is -1.90. The first kappa shape index (κ1) is 26.2. The van der Waals surface area contributed by atoms with E-state index >= 15 is 0 Å². The minimum atomic E-state index is 0.713. The fourth-order valence-electron chi connectivity index (χ4n) is 3.30. The fourth-order valence-corrected chi connectivity index (χ4v) is 3.30. The van der Waals surface area contributed by atoms with Gasteiger partial charge in [-0.15, -0.1) is 0 Å². The van der Waals surface area contributed by atoms with E-state index < -0.39 is 0 Å². The van der Waals surface area contributed by atoms with Gasteiger partial charge in [-0.3, -0.25) is 9.98 Å². The third-order valence-electron chi connectivity index (χ3n) is 5.16. The molecule has 0 N–H and O–H groups in total. The third kappa shape index (κ3) is 16.0. The van der Waals surface area contributed by atoms with Crippen molar-refractivity contribution in [1.82, 2.24) is 0 Å². The van der Waals surface area contributed by atoms with Crippen molar-refractivity contribution in [1.29, 1.82) is 0 Å². The Morgan fingerprint density at radius 2 is 1.10 bits per heavy atom. The molecule has 0 aliphatic heterocycles. The lowest BCUT2D eigenvalue weighted by atomic mass is 10.1. The van der Waals surface area contributed by atoms with Crippen molar-refractivity contribution in [2.75, 3.05) is 26.8 Å². The van der Waals surface area contributed by atoms with Gasteiger partial charge in [0.05, 0.1) is 0 Å². The summed E-state index contributed by atoms with van der Waals surface area (Å²) in [5.74, 6) is 0. The molecule has 1 aromatic carbocycles. The second-order valence-electron chi connectivity index (χ2n) is 7.93. The first-order valence-electron chi connectivity index (χ1n) is 11.9. The zero-order valence-corrected chi connectivity index (χ0v) is 19.1. The molecule has 0 saturated heterocycles. The minimum absolute atomic E-state index is 0.713. The molecule has 0 heterocycles. The highest BCUT2D eigenvalue weighted by Gasteiger charge is 1.93. The van der Waals surface area contributed by atoms with Crippen LogP contribution in [-0.2, 0) is 9.53 Å². The number of aliphatic imine (C=N–C) groups is 2. The number of carbonyl (C=O) groups excluding carboxylic acids is 1. The summed E-state index contributed by atoms with van der Waals surface area (Å²) in [4.78, 5) is 19.3. The Morgan fingerprint density at radius 1 is 0.667 bits per heavy atom. The van der Waals surface area contributed by atoms with Gasteiger partial charge in [0.2, 0.25) is 0 Å². The lowest BCUT2D eigenvalue weighted by Gasteiger charge is -2.00. The smallest absolute Gasteiger partial charge is 0.119 e. The van der Waals surface area contributed by atoms with Crippen molar-refractivity contribution in [3.63, 3.8) is 0 Å². The number of methoxy groups -OCH3 is 1. The van der Waals surface area contributed by atoms with Gasteiger partial charge >= 0.3 is 0 Å². The van der Waals surface area contributed by atoms with Gasteiger partial charge in [-0.25, -0.2) is 0 Å². The van der Waals surface area contributed by atoms with Crippen LogP contribution in [0.15, 0.2) is 34.3 Å². The second-order valence-corrected chi connectivity index (χ2v) is 7.93. The molecule has 4 nitrogen and oxygen atoms in total. The van der Waals surface area contributed by atoms with Crippen LogP contribution >= 0.6 is 0 Å². The molecule has 0 unspecified atom stereocenters. The summed E-state index contributed by atoms with van der Waals surface area (Å²) in [6.45, 7) is 2.70. The molecule has 0 amide bonds. The lowest BCUT2D eigenvalue weighted by molar-refractivity contribution is -0.107. The molecule has 0 aliphatic rings. The fraction of sp³-hybridized carbons (Fsp3) is 0.654. The molecule has 0 spiro atoms. The van der Waals surface area contributed by atoms with Gasteiger partial charge < -0.3 is 9.53 Å². The number of rotatable bonds is 20. The summed E-state index contributed by atoms with van der Waals surface area (Å²) in [6, 6.07) is 8.44. The zero-order chi connectivity index (χ0) is 21.5. The molecule has 1 aromatic rings. The van der Waals surface area contributed by atoms with E-state index in [9.17, 15) is 4.79 Å². The van der Waals surface area contributed by atoms with E-state index in [1.807, 2.05) is 12.4 Å². The van der Waals surface area contributed by atoms with E-state index in [-0.39, 0.29) is 0 Å². The molecule has 0 saturated carbocycles. The Labute approximate surface area is 184 Å². The van der Waals surface area contributed by atoms with Crippen LogP contribution < -0.4 is 0 Å². The summed E-state index contributed by atoms with van der Waals surface area (Å²) >= 11 is 0. The number of hydrogen-bond acceptors (Lipinski definition) is 4. The van der Waals surface area contributed by atoms with Crippen LogP contribution in [-0.4, -0.2) is 45.5 Å². The van der Waals surface area contributed by atoms with E-state index in [0.29, 0.717) is 6.42 Å². The average molecular weight is 415 g/mol. The van der Waals surface area contributed by atoms with Crippen molar-refractivity contribution in [3.05, 3.63) is 35.4 Å². The Morgan fingerprint density at radius 3 is 1.57 bits per heavy atom. The summed E-state index contributed by atoms with van der Waals surface area (Å²) in [7, 11) is 1.77. The Balaban J connectivity index is 2.04. The van der Waals surface area contributed by atoms with Gasteiger partial charge in [0.15, 0.2) is 0 Å². The summed E-state index contributed by atoms with van der Waals surface area (Å²) in [6.07, 6.45) is 20.2. The van der Waals surface area contributed by atoms with Crippen molar-refractivity contribution in [2.24, 2.45) is 9.98 Å². The molecule has 1 rings (SSSR count). The molecule has 30 heavy (non-hydrogen) atoms. The molecule has 0 fully saturated rings. The monoisotopic (exact) mass is 414 g/mol. The minimum Gasteiger partial charge on any atom is -0.385 e. The topological polar surface area (TPSA) is 51.0 Å². The number of ether oxygens (including phenoxy) is 1. The zero-order valence-electron chi connectivity index (χ0n) is 19.1. The van der Waals surface area contributed by atoms with E-state index in [1.165, 1.54) is 64.2 Å². The number of hydrogen-bond donors (Lipinski definition) is 0. The number of aldehydes is 1. The van der Waals surface area contributed by atoms with Crippen LogP contribution in [0.4, 0.5) is 0 Å². The molecule has 4 heteroatoms. The van der Waals surface area contributed by atoms with Crippen molar-refractivity contribution in [3.8, 4) is 0 Å². The summed E-state index contributed by atoms with van der Waals surface area (Å²) in [5.41, 5.74) is 2.30. The first-order chi connectivity index (χ1) is 14.9. The highest BCUT2D eigenvalue weighted by molar-refractivity contribution is 5.84. The molecule has 0 aromatic heterocycles. The van der Waals surface area contributed by atoms with Crippen molar-refractivity contribution in [2.45, 2.75) is 83.5 Å². The van der Waals surface area contributed by atoms with Gasteiger partial charge in [-0.2, -0.15) is 0 Å². The predicted molar refractivity (Wildman–Crippen MR) is 129 cm³/mol. The van der Waals surface area contributed by atoms with Gasteiger partial charge in [0.25, 0.3) is 0 Å². The molecule has 0 aliphatic carbocycles. The highest BCUT2D eigenvalue weighted by Crippen LogP contribution is 2.07. The number of benzene rings is 1. The van der Waals surface area contributed by atoms with Gasteiger partial charge in [0.1, 0.15) is 6.29 Å². The maximum absolute atomic E-state index is 10.2. The van der Waals surface area contributed by atoms with Gasteiger partial charge in [0, 0.05) is 45.7 Å². The van der Waals surface area contributed by atoms with Gasteiger partial charge in [-0.05, 0) is 36.8 Å². The number of nitrogens with zero attached hydrogens (tertiary/aromatic N) is 2. The Kier molecular flexibility index (Phi) is 17.9. The van der Waals surface area contributed by atoms with Crippen molar-refractivity contribution >= 4 is 18.7 Å². The van der Waals surface area contributed by atoms with E-state index in [0.717, 1.165) is 50.0 Å². The summed E-state index contributed by atoms with van der Waals surface area (Å²) < 4.78 is 5.07. The largest absolute Gasteiger partial charge is 0.385 e. The maximum Gasteiger partial charge on any atom is 0.119 e. The number of carbonyl (C=O) groups is 1. The van der Waals surface area contributed by atoms with Crippen LogP contribution in [0.2, 0.25) is 0 Å². The average Bonchev–Trinajstić information content (AvgIpc) is 2.77. The van der Waals surface area contributed by atoms with Crippen LogP contribution in [0, 0.1) is 0 Å². The van der Waals surface area contributed by atoms with Gasteiger partial charge in [-0.1, -0.05) is 75.6 Å². The highest BCUT2D eigenvalue weighted by atomic mass is 16.5. The number of unbranched alkanes of at least 4 members (excludes halogenated alkanes) is 11. The van der Waals surface area contributed by atoms with Crippen LogP contribution in [0.25, 0.3) is 0 Å². The molecular weight excluding hydrogens is 372 g/mol. The normalized spacial score (nSPS) is 11.6. The Bertz CT molecular complexity index is 567. The van der Waals surface area contributed by atoms with E-state index in [2.05, 4.69) is 34.3 Å². The molecule has 0 bridgehead atoms. The van der Waals surface area contributed by atoms with E-state index in [1.54, 1.807) is 7.11 Å². The molecule has 0 radical (unpaired) electrons. The Hall–Kier alpha value is -1.81. The first-order valence-corrected chi connectivity index (χ1v) is 11.9. The summed E-state index contributed by atoms with van der Waals surface area (Å²) in [5, 5.41) is 0. The van der Waals surface area contributed by atoms with E-state index in [4.69, 9.17) is 4.74 Å². The van der Waals surface area contributed by atoms with Crippen LogP contribution in [0.3, 0.4) is 0 Å². The van der Waals surface area contributed by atoms with Crippen molar-refractivity contribution < 1.29 is 9.53 Å². The molecule has 0 atom stereocenters. The maximum atomic E-state index is 10.2. The SMILES string of the molecule is COCCCCCCCCN=Cc1ccc(C=NCCCCCCCCC=O)cc1. The molecule has 168 valence electrons.